The number of nitrogens with zero attached hydrogens (tertiary/aromatic N) is 2. The first kappa shape index (κ1) is 32.2. The molecule has 3 aromatic carbocycles. The third-order valence-corrected chi connectivity index (χ3v) is 8.52. The molecule has 238 valence electrons. The Labute approximate surface area is 270 Å². The summed E-state index contributed by atoms with van der Waals surface area (Å²) >= 11 is 0.938. The molecule has 0 saturated carbocycles. The second-order valence-electron chi connectivity index (χ2n) is 10.4. The number of thiazole rings is 1. The molecule has 1 aliphatic heterocycles. The molecule has 0 radical (unpaired) electrons. The number of amides is 1. The predicted octanol–water partition coefficient (Wildman–Crippen LogP) is 6.55. The van der Waals surface area contributed by atoms with Gasteiger partial charge in [0.05, 0.1) is 37.6 Å². The number of anilines is 1. The Bertz CT molecular complexity index is 1810. The third-order valence-electron chi connectivity index (χ3n) is 7.39. The van der Waals surface area contributed by atoms with Crippen LogP contribution >= 0.6 is 11.3 Å². The number of hydrogen-bond donors (Lipinski definition) is 1. The minimum Gasteiger partial charge on any atom is -0.507 e. The van der Waals surface area contributed by atoms with Crippen molar-refractivity contribution in [3.8, 4) is 17.2 Å². The smallest absolute Gasteiger partial charge is 0.350 e. The molecule has 4 aromatic rings. The monoisotopic (exact) mass is 642 g/mol. The fourth-order valence-corrected chi connectivity index (χ4v) is 6.18. The largest absolute Gasteiger partial charge is 0.507 e. The molecule has 1 N–H and O–H groups in total. The molecule has 1 aliphatic rings. The van der Waals surface area contributed by atoms with Gasteiger partial charge in [0.2, 0.25) is 0 Å². The van der Waals surface area contributed by atoms with Gasteiger partial charge in [-0.15, -0.1) is 0 Å². The summed E-state index contributed by atoms with van der Waals surface area (Å²) in [6.07, 6.45) is 0. The van der Waals surface area contributed by atoms with Crippen LogP contribution < -0.4 is 19.1 Å². The van der Waals surface area contributed by atoms with Crippen LogP contribution in [0.15, 0.2) is 72.3 Å². The van der Waals surface area contributed by atoms with Crippen molar-refractivity contribution in [2.75, 3.05) is 25.2 Å². The number of Topliss-reactive ketones (excluding diaryl/α,β-unsaturated/α-hetero) is 1. The van der Waals surface area contributed by atoms with Gasteiger partial charge in [0.1, 0.15) is 23.0 Å². The van der Waals surface area contributed by atoms with E-state index in [1.165, 1.54) is 12.0 Å². The van der Waals surface area contributed by atoms with Gasteiger partial charge in [-0.2, -0.15) is 0 Å². The minimum absolute atomic E-state index is 0.111. The fourth-order valence-electron chi connectivity index (χ4n) is 5.19. The standard InChI is InChI=1S/C35H34N2O8S/c1-6-43-26-16-13-23(18-27(26)42-5)29-28(31(39)33(40)37(29)35-36-21(4)32(46-35)34(41)44-7-2)30(38)24-14-15-25(20(3)17-24)45-19-22-11-9-8-10-12-22/h8-18,29,38H,6-7,19H2,1-5H3/t29-/m1/s1. The van der Waals surface area contributed by atoms with Gasteiger partial charge < -0.3 is 24.1 Å². The summed E-state index contributed by atoms with van der Waals surface area (Å²) < 4.78 is 22.4. The second kappa shape index (κ2) is 13.9. The Morgan fingerprint density at radius 3 is 2.35 bits per heavy atom. The molecule has 5 rings (SSSR count). The summed E-state index contributed by atoms with van der Waals surface area (Å²) in [4.78, 5) is 46.0. The number of benzene rings is 3. The van der Waals surface area contributed by atoms with Crippen molar-refractivity contribution < 1.29 is 38.4 Å². The molecule has 1 saturated heterocycles. The number of aryl methyl sites for hydroxylation is 2. The van der Waals surface area contributed by atoms with Crippen LogP contribution in [-0.4, -0.2) is 48.1 Å². The van der Waals surface area contributed by atoms with Gasteiger partial charge in [0, 0.05) is 5.56 Å². The molecule has 11 heteroatoms. The lowest BCUT2D eigenvalue weighted by Crippen LogP contribution is -2.29. The quantitative estimate of drug-likeness (QED) is 0.0839. The lowest BCUT2D eigenvalue weighted by atomic mass is 9.94. The summed E-state index contributed by atoms with van der Waals surface area (Å²) in [6, 6.07) is 18.7. The highest BCUT2D eigenvalue weighted by molar-refractivity contribution is 7.17. The first-order valence-corrected chi connectivity index (χ1v) is 15.5. The van der Waals surface area contributed by atoms with Crippen molar-refractivity contribution in [3.05, 3.63) is 105 Å². The van der Waals surface area contributed by atoms with Crippen LogP contribution in [0.4, 0.5) is 5.13 Å². The van der Waals surface area contributed by atoms with Gasteiger partial charge in [0.15, 0.2) is 16.6 Å². The van der Waals surface area contributed by atoms with Crippen molar-refractivity contribution in [2.45, 2.75) is 40.3 Å². The van der Waals surface area contributed by atoms with Crippen molar-refractivity contribution in [1.29, 1.82) is 0 Å². The number of rotatable bonds is 11. The van der Waals surface area contributed by atoms with Crippen LogP contribution in [0.2, 0.25) is 0 Å². The molecule has 0 bridgehead atoms. The zero-order valence-corrected chi connectivity index (χ0v) is 27.0. The van der Waals surface area contributed by atoms with Crippen molar-refractivity contribution in [3.63, 3.8) is 0 Å². The number of ketones is 1. The van der Waals surface area contributed by atoms with E-state index in [1.54, 1.807) is 50.2 Å². The average Bonchev–Trinajstić information content (AvgIpc) is 3.57. The molecule has 0 aliphatic carbocycles. The van der Waals surface area contributed by atoms with E-state index < -0.39 is 23.7 Å². The Hall–Kier alpha value is -5.16. The normalized spacial score (nSPS) is 15.6. The summed E-state index contributed by atoms with van der Waals surface area (Å²) in [6.45, 7) is 7.91. The first-order chi connectivity index (χ1) is 22.2. The molecule has 1 aromatic heterocycles. The molecule has 0 unspecified atom stereocenters. The van der Waals surface area contributed by atoms with E-state index in [4.69, 9.17) is 18.9 Å². The number of esters is 1. The SMILES string of the molecule is CCOC(=O)c1sc(N2C(=O)C(=O)C(=C(O)c3ccc(OCc4ccccc4)c(C)c3)[C@H]2c2ccc(OCC)c(OC)c2)nc1C. The lowest BCUT2D eigenvalue weighted by Gasteiger charge is -2.24. The number of aliphatic hydroxyl groups excluding tert-OH is 1. The molecule has 1 amide bonds. The lowest BCUT2D eigenvalue weighted by molar-refractivity contribution is -0.132. The average molecular weight is 643 g/mol. The van der Waals surface area contributed by atoms with Crippen molar-refractivity contribution in [2.24, 2.45) is 0 Å². The van der Waals surface area contributed by atoms with E-state index in [9.17, 15) is 19.5 Å². The molecule has 46 heavy (non-hydrogen) atoms. The van der Waals surface area contributed by atoms with E-state index in [1.807, 2.05) is 44.2 Å². The molecule has 1 atom stereocenters. The van der Waals surface area contributed by atoms with Gasteiger partial charge in [0.25, 0.3) is 5.78 Å². The van der Waals surface area contributed by atoms with Crippen molar-refractivity contribution in [1.82, 2.24) is 4.98 Å². The second-order valence-corrected chi connectivity index (χ2v) is 11.4. The fraction of sp³-hybridized carbons (Fsp3) is 0.257. The molecule has 1 fully saturated rings. The number of aliphatic hydroxyl groups is 1. The molecule has 0 spiro atoms. The zero-order valence-electron chi connectivity index (χ0n) is 26.2. The molecule has 2 heterocycles. The zero-order chi connectivity index (χ0) is 33.0. The predicted molar refractivity (Wildman–Crippen MR) is 174 cm³/mol. The summed E-state index contributed by atoms with van der Waals surface area (Å²) in [7, 11) is 1.48. The van der Waals surface area contributed by atoms with Crippen molar-refractivity contribution >= 4 is 39.9 Å². The minimum atomic E-state index is -1.10. The van der Waals surface area contributed by atoms with E-state index in [0.29, 0.717) is 47.3 Å². The van der Waals surface area contributed by atoms with E-state index in [0.717, 1.165) is 22.5 Å². The number of carbonyl (C=O) groups excluding carboxylic acids is 3. The van der Waals surface area contributed by atoms with E-state index >= 15 is 0 Å². The number of methoxy groups -OCH3 is 1. The highest BCUT2D eigenvalue weighted by atomic mass is 32.1. The van der Waals surface area contributed by atoms with Gasteiger partial charge in [-0.3, -0.25) is 14.5 Å². The van der Waals surface area contributed by atoms with E-state index in [-0.39, 0.29) is 27.9 Å². The molecule has 10 nitrogen and oxygen atoms in total. The Morgan fingerprint density at radius 2 is 1.67 bits per heavy atom. The maximum absolute atomic E-state index is 13.7. The van der Waals surface area contributed by atoms with Gasteiger partial charge >= 0.3 is 11.9 Å². The number of ether oxygens (including phenoxy) is 4. The first-order valence-electron chi connectivity index (χ1n) is 14.7. The topological polar surface area (TPSA) is 124 Å². The van der Waals surface area contributed by atoms with Crippen LogP contribution in [0.3, 0.4) is 0 Å². The maximum atomic E-state index is 13.7. The summed E-state index contributed by atoms with van der Waals surface area (Å²) in [5.74, 6) is -1.28. The third kappa shape index (κ3) is 6.32. The summed E-state index contributed by atoms with van der Waals surface area (Å²) in [5, 5.41) is 11.8. The van der Waals surface area contributed by atoms with Gasteiger partial charge in [-0.05, 0) is 74.7 Å². The number of hydrogen-bond acceptors (Lipinski definition) is 10. The van der Waals surface area contributed by atoms with Gasteiger partial charge in [-0.1, -0.05) is 47.7 Å². The van der Waals surface area contributed by atoms with Crippen LogP contribution in [0.25, 0.3) is 5.76 Å². The van der Waals surface area contributed by atoms with Crippen LogP contribution in [0, 0.1) is 13.8 Å². The maximum Gasteiger partial charge on any atom is 0.350 e. The van der Waals surface area contributed by atoms with Crippen LogP contribution in [0.5, 0.6) is 17.2 Å². The Morgan fingerprint density at radius 1 is 0.935 bits per heavy atom. The van der Waals surface area contributed by atoms with Crippen LogP contribution in [0.1, 0.15) is 57.5 Å². The summed E-state index contributed by atoms with van der Waals surface area (Å²) in [5.41, 5.74) is 2.73. The molecular formula is C35H34N2O8S. The number of carbonyl (C=O) groups is 3. The van der Waals surface area contributed by atoms with E-state index in [2.05, 4.69) is 4.98 Å². The highest BCUT2D eigenvalue weighted by Gasteiger charge is 2.48. The number of aromatic nitrogens is 1. The molecular weight excluding hydrogens is 608 g/mol. The Kier molecular flexibility index (Phi) is 9.72. The van der Waals surface area contributed by atoms with Gasteiger partial charge in [-0.25, -0.2) is 9.78 Å². The van der Waals surface area contributed by atoms with Crippen LogP contribution in [-0.2, 0) is 20.9 Å². The highest BCUT2D eigenvalue weighted by Crippen LogP contribution is 2.45. The Balaban J connectivity index is 1.61.